The van der Waals surface area contributed by atoms with E-state index >= 15 is 0 Å². The van der Waals surface area contributed by atoms with Gasteiger partial charge in [0, 0.05) is 57.1 Å². The summed E-state index contributed by atoms with van der Waals surface area (Å²) in [6.07, 6.45) is -1.07. The lowest BCUT2D eigenvalue weighted by molar-refractivity contribution is -0.139. The van der Waals surface area contributed by atoms with Gasteiger partial charge in [-0.1, -0.05) is 58.8 Å². The summed E-state index contributed by atoms with van der Waals surface area (Å²) in [5.41, 5.74) is 11.0. The number of nitrogens with zero attached hydrogens (tertiary/aromatic N) is 6. The third-order valence-electron chi connectivity index (χ3n) is 12.0. The molecule has 8 rings (SSSR count). The minimum atomic E-state index is -0.850. The van der Waals surface area contributed by atoms with Crippen LogP contribution in [0.1, 0.15) is 89.5 Å². The minimum Gasteiger partial charge on any atom is -0.391 e. The topological polar surface area (TPSA) is 217 Å². The molecule has 0 spiro atoms. The predicted molar refractivity (Wildman–Crippen MR) is 238 cm³/mol. The van der Waals surface area contributed by atoms with Crippen molar-refractivity contribution in [2.45, 2.75) is 103 Å². The largest absolute Gasteiger partial charge is 0.391 e. The molecule has 6 aromatic rings. The summed E-state index contributed by atoms with van der Waals surface area (Å²) in [6, 6.07) is 15.7. The van der Waals surface area contributed by atoms with E-state index in [4.69, 9.17) is 9.05 Å². The van der Waals surface area contributed by atoms with E-state index < -0.39 is 36.1 Å². The Labute approximate surface area is 377 Å². The summed E-state index contributed by atoms with van der Waals surface area (Å²) in [4.78, 5) is 68.2. The molecule has 6 heterocycles. The highest BCUT2D eigenvalue weighted by Gasteiger charge is 2.43. The second kappa shape index (κ2) is 18.9. The van der Waals surface area contributed by atoms with Gasteiger partial charge in [0.1, 0.15) is 17.8 Å². The maximum Gasteiger partial charge on any atom is 0.243 e. The number of aryl methyl sites for hydroxylation is 3. The average molecular weight is 907 g/mol. The molecule has 4 amide bonds. The molecular formula is C46H50N8O8S2. The zero-order valence-corrected chi connectivity index (χ0v) is 37.7. The summed E-state index contributed by atoms with van der Waals surface area (Å²) >= 11 is 3.05. The first-order valence-corrected chi connectivity index (χ1v) is 22.9. The van der Waals surface area contributed by atoms with Crippen molar-refractivity contribution in [3.8, 4) is 20.9 Å². The Morgan fingerprint density at radius 3 is 1.78 bits per heavy atom. The number of likely N-dealkylation sites (tertiary alicyclic amines) is 2. The molecular weight excluding hydrogens is 857 g/mol. The third kappa shape index (κ3) is 9.40. The van der Waals surface area contributed by atoms with Crippen LogP contribution in [0.2, 0.25) is 0 Å². The number of carbonyl (C=O) groups excluding carboxylic acids is 4. The number of rotatable bonds is 14. The lowest BCUT2D eigenvalue weighted by Gasteiger charge is -2.26. The molecule has 0 saturated carbocycles. The van der Waals surface area contributed by atoms with Crippen LogP contribution in [0.4, 0.5) is 0 Å². The molecule has 2 aliphatic heterocycles. The normalized spacial score (nSPS) is 19.5. The van der Waals surface area contributed by atoms with Gasteiger partial charge in [0.2, 0.25) is 23.6 Å². The Balaban J connectivity index is 0.883. The van der Waals surface area contributed by atoms with Crippen LogP contribution in [0, 0.1) is 20.8 Å². The molecule has 2 aliphatic rings. The Morgan fingerprint density at radius 1 is 0.719 bits per heavy atom. The number of β-amino-alcohol motifs (C(OH)–C–C–N with tert-alkyl or cyclic N) is 2. The monoisotopic (exact) mass is 906 g/mol. The highest BCUT2D eigenvalue weighted by atomic mass is 32.1. The van der Waals surface area contributed by atoms with E-state index in [0.717, 1.165) is 49.0 Å². The zero-order chi connectivity index (χ0) is 45.2. The van der Waals surface area contributed by atoms with Gasteiger partial charge in [0.25, 0.3) is 0 Å². The fraction of sp³-hybridized carbons (Fsp3) is 0.391. The Morgan fingerprint density at radius 2 is 1.25 bits per heavy atom. The second-order valence-corrected chi connectivity index (χ2v) is 18.3. The van der Waals surface area contributed by atoms with Crippen molar-refractivity contribution in [1.29, 1.82) is 0 Å². The molecule has 2 aromatic carbocycles. The quantitative estimate of drug-likeness (QED) is 0.111. The maximum absolute atomic E-state index is 14.1. The van der Waals surface area contributed by atoms with Crippen molar-refractivity contribution in [2.24, 2.45) is 0 Å². The number of carbonyl (C=O) groups is 4. The van der Waals surface area contributed by atoms with Gasteiger partial charge in [0.15, 0.2) is 5.76 Å². The SMILES string of the molecule is Cc1cc([C@@H](C)C(=O)N2C[C@H](O)C[C@H]2C(=O)NCc2ccc(-c3scnc3Cc3c(C)noc3[C@H](C)C(=O)N3C[C@H](O)C[C@H]3C(=O)NCc3ccc(-c4scnc4C)cc3)cc2)on1. The van der Waals surface area contributed by atoms with Crippen LogP contribution in [0.3, 0.4) is 0 Å². The van der Waals surface area contributed by atoms with Gasteiger partial charge in [-0.05, 0) is 56.9 Å². The fourth-order valence-electron chi connectivity index (χ4n) is 8.43. The molecule has 0 radical (unpaired) electrons. The van der Waals surface area contributed by atoms with Crippen molar-refractivity contribution >= 4 is 46.3 Å². The second-order valence-electron chi connectivity index (χ2n) is 16.6. The number of hydrogen-bond donors (Lipinski definition) is 4. The molecule has 0 unspecified atom stereocenters. The number of aliphatic hydroxyl groups is 2. The van der Waals surface area contributed by atoms with E-state index in [1.807, 2.05) is 67.9 Å². The Hall–Kier alpha value is -6.08. The lowest BCUT2D eigenvalue weighted by Crippen LogP contribution is -2.47. The number of hydrogen-bond acceptors (Lipinski definition) is 14. The summed E-state index contributed by atoms with van der Waals surface area (Å²) in [6.45, 7) is 9.53. The van der Waals surface area contributed by atoms with Crippen LogP contribution in [0.25, 0.3) is 20.9 Å². The maximum atomic E-state index is 14.1. The van der Waals surface area contributed by atoms with Gasteiger partial charge in [-0.2, -0.15) is 0 Å². The number of thiazole rings is 2. The molecule has 18 heteroatoms. The van der Waals surface area contributed by atoms with Crippen molar-refractivity contribution in [1.82, 2.24) is 40.7 Å². The van der Waals surface area contributed by atoms with Crippen molar-refractivity contribution in [2.75, 3.05) is 13.1 Å². The molecule has 4 aromatic heterocycles. The third-order valence-corrected chi connectivity index (χ3v) is 13.9. The molecule has 16 nitrogen and oxygen atoms in total. The first kappa shape index (κ1) is 44.5. The standard InChI is InChI=1S/C46H50N8O8S2/c1-24-14-39(61-51-24)25(2)45(59)53-20-33(55)15-37(53)43(57)47-19-30-8-12-32(13-9-30)42-36(50-23-64-42)17-35-27(4)52-62-40(35)26(3)46(60)54-21-34(56)16-38(54)44(58)48-18-29-6-10-31(11-7-29)41-28(5)49-22-63-41/h6-14,22-23,25-26,33-34,37-38,55-56H,15-21H2,1-5H3,(H,47,57)(H,48,58)/t25-,26+,33-,34-,37+,38+/m1/s1. The molecule has 6 atom stereocenters. The predicted octanol–water partition coefficient (Wildman–Crippen LogP) is 5.19. The molecule has 64 heavy (non-hydrogen) atoms. The fourth-order valence-corrected chi connectivity index (χ4v) is 10.1. The van der Waals surface area contributed by atoms with Crippen LogP contribution in [0.5, 0.6) is 0 Å². The summed E-state index contributed by atoms with van der Waals surface area (Å²) in [7, 11) is 0. The molecule has 0 aliphatic carbocycles. The highest BCUT2D eigenvalue weighted by Crippen LogP contribution is 2.35. The van der Waals surface area contributed by atoms with Gasteiger partial charge in [0.05, 0.1) is 67.6 Å². The van der Waals surface area contributed by atoms with E-state index in [9.17, 15) is 29.4 Å². The van der Waals surface area contributed by atoms with Crippen LogP contribution in [0.15, 0.2) is 74.7 Å². The van der Waals surface area contributed by atoms with Gasteiger partial charge < -0.3 is 39.7 Å². The molecule has 2 fully saturated rings. The Kier molecular flexibility index (Phi) is 13.2. The van der Waals surface area contributed by atoms with E-state index in [-0.39, 0.29) is 62.6 Å². The van der Waals surface area contributed by atoms with E-state index in [1.165, 1.54) is 21.1 Å². The van der Waals surface area contributed by atoms with Gasteiger partial charge in [-0.3, -0.25) is 19.2 Å². The number of aromatic nitrogens is 4. The highest BCUT2D eigenvalue weighted by molar-refractivity contribution is 7.13. The van der Waals surface area contributed by atoms with E-state index in [2.05, 4.69) is 30.9 Å². The van der Waals surface area contributed by atoms with Crippen LogP contribution in [-0.4, -0.2) is 101 Å². The summed E-state index contributed by atoms with van der Waals surface area (Å²) < 4.78 is 11.1. The van der Waals surface area contributed by atoms with Crippen molar-refractivity contribution in [3.63, 3.8) is 0 Å². The first-order chi connectivity index (χ1) is 30.7. The molecule has 0 bridgehead atoms. The molecule has 4 N–H and O–H groups in total. The first-order valence-electron chi connectivity index (χ1n) is 21.2. The van der Waals surface area contributed by atoms with Gasteiger partial charge in [-0.15, -0.1) is 22.7 Å². The lowest BCUT2D eigenvalue weighted by atomic mass is 9.97. The Bertz CT molecular complexity index is 2640. The minimum absolute atomic E-state index is 0.0218. The van der Waals surface area contributed by atoms with Crippen LogP contribution < -0.4 is 10.6 Å². The smallest absolute Gasteiger partial charge is 0.243 e. The number of amides is 4. The zero-order valence-electron chi connectivity index (χ0n) is 36.1. The number of benzene rings is 2. The molecule has 2 saturated heterocycles. The van der Waals surface area contributed by atoms with Gasteiger partial charge in [-0.25, -0.2) is 9.97 Å². The van der Waals surface area contributed by atoms with E-state index in [0.29, 0.717) is 29.3 Å². The van der Waals surface area contributed by atoms with Crippen molar-refractivity contribution in [3.05, 3.63) is 117 Å². The average Bonchev–Trinajstić information content (AvgIpc) is 4.17. The van der Waals surface area contributed by atoms with Crippen LogP contribution >= 0.6 is 22.7 Å². The van der Waals surface area contributed by atoms with Gasteiger partial charge >= 0.3 is 0 Å². The van der Waals surface area contributed by atoms with Crippen LogP contribution in [-0.2, 0) is 38.7 Å². The van der Waals surface area contributed by atoms with Crippen molar-refractivity contribution < 1.29 is 38.4 Å². The van der Waals surface area contributed by atoms with E-state index in [1.54, 1.807) is 43.7 Å². The number of nitrogens with one attached hydrogen (secondary N) is 2. The molecule has 334 valence electrons. The summed E-state index contributed by atoms with van der Waals surface area (Å²) in [5.74, 6) is -2.03. The number of aliphatic hydroxyl groups excluding tert-OH is 2. The summed E-state index contributed by atoms with van der Waals surface area (Å²) in [5, 5.41) is 35.1.